The molecular weight excluding hydrogens is 485 g/mol. The Morgan fingerprint density at radius 1 is 1.21 bits per heavy atom. The Bertz CT molecular complexity index is 1360. The Hall–Kier alpha value is -3.37. The van der Waals surface area contributed by atoms with E-state index in [2.05, 4.69) is 15.4 Å². The van der Waals surface area contributed by atoms with Crippen molar-refractivity contribution in [1.82, 2.24) is 9.29 Å². The number of nitrogens with zero attached hydrogens (tertiary/aromatic N) is 1. The van der Waals surface area contributed by atoms with E-state index < -0.39 is 33.9 Å². The fourth-order valence-electron chi connectivity index (χ4n) is 3.97. The number of amides is 2. The number of carbonyl (C=O) groups is 2. The van der Waals surface area contributed by atoms with E-state index in [1.165, 1.54) is 25.4 Å². The van der Waals surface area contributed by atoms with Crippen molar-refractivity contribution in [2.24, 2.45) is 0 Å². The number of halogens is 2. The van der Waals surface area contributed by atoms with Crippen LogP contribution in [0.1, 0.15) is 39.6 Å². The van der Waals surface area contributed by atoms with Gasteiger partial charge in [-0.3, -0.25) is 4.79 Å². The lowest BCUT2D eigenvalue weighted by atomic mass is 10.1. The standard InChI is InChI=1S/C23H21ClFN3O5S/c1-33-23(30)27-20-10-8-16-17(20)12-28(34(31,32)13-14-5-3-2-4-6-14)21(16)22(29)26-15-7-9-19(25)18(24)11-15/h2-7,9,11-12,20H,8,10,13H2,1H3,(H,26,29)(H,27,30). The van der Waals surface area contributed by atoms with Crippen molar-refractivity contribution in [1.29, 1.82) is 0 Å². The summed E-state index contributed by atoms with van der Waals surface area (Å²) in [5.74, 6) is -1.68. The highest BCUT2D eigenvalue weighted by Gasteiger charge is 2.35. The van der Waals surface area contributed by atoms with Crippen molar-refractivity contribution in [2.45, 2.75) is 24.6 Å². The molecule has 0 fully saturated rings. The summed E-state index contributed by atoms with van der Waals surface area (Å²) >= 11 is 5.81. The number of anilines is 1. The summed E-state index contributed by atoms with van der Waals surface area (Å²) in [5.41, 5.74) is 1.71. The lowest BCUT2D eigenvalue weighted by Gasteiger charge is -2.14. The number of hydrogen-bond acceptors (Lipinski definition) is 5. The largest absolute Gasteiger partial charge is 0.453 e. The Morgan fingerprint density at radius 3 is 2.62 bits per heavy atom. The maximum absolute atomic E-state index is 13.5. The van der Waals surface area contributed by atoms with Gasteiger partial charge in [0, 0.05) is 11.9 Å². The molecule has 2 aromatic carbocycles. The fourth-order valence-corrected chi connectivity index (χ4v) is 5.65. The number of rotatable bonds is 6. The van der Waals surface area contributed by atoms with Crippen molar-refractivity contribution in [2.75, 3.05) is 12.4 Å². The Labute approximate surface area is 200 Å². The van der Waals surface area contributed by atoms with Crippen molar-refractivity contribution in [3.05, 3.63) is 88.0 Å². The second-order valence-corrected chi connectivity index (χ2v) is 10.0. The van der Waals surface area contributed by atoms with Gasteiger partial charge in [0.15, 0.2) is 0 Å². The minimum absolute atomic E-state index is 0.0689. The molecule has 2 N–H and O–H groups in total. The molecule has 0 aliphatic heterocycles. The molecule has 1 aliphatic carbocycles. The monoisotopic (exact) mass is 505 g/mol. The predicted octanol–water partition coefficient (Wildman–Crippen LogP) is 4.25. The van der Waals surface area contributed by atoms with E-state index in [0.717, 1.165) is 10.0 Å². The molecule has 4 rings (SSSR count). The zero-order chi connectivity index (χ0) is 24.5. The molecule has 8 nitrogen and oxygen atoms in total. The van der Waals surface area contributed by atoms with Crippen LogP contribution in [0.2, 0.25) is 5.02 Å². The second-order valence-electron chi connectivity index (χ2n) is 7.76. The van der Waals surface area contributed by atoms with Crippen LogP contribution in [-0.4, -0.2) is 31.5 Å². The lowest BCUT2D eigenvalue weighted by molar-refractivity contribution is 0.102. The SMILES string of the molecule is COC(=O)NC1CCc2c1cn(S(=O)(=O)Cc1ccccc1)c2C(=O)Nc1ccc(F)c(Cl)c1. The maximum Gasteiger partial charge on any atom is 0.407 e. The number of carbonyl (C=O) groups excluding carboxylic acids is 2. The van der Waals surface area contributed by atoms with Crippen molar-refractivity contribution >= 4 is 39.3 Å². The number of benzene rings is 2. The van der Waals surface area contributed by atoms with Crippen LogP contribution in [0.4, 0.5) is 14.9 Å². The molecule has 178 valence electrons. The molecule has 2 amide bonds. The number of alkyl carbamates (subject to hydrolysis) is 1. The van der Waals surface area contributed by atoms with Crippen molar-refractivity contribution in [3.63, 3.8) is 0 Å². The van der Waals surface area contributed by atoms with Gasteiger partial charge >= 0.3 is 6.09 Å². The van der Waals surface area contributed by atoms with E-state index in [9.17, 15) is 22.4 Å². The van der Waals surface area contributed by atoms with E-state index >= 15 is 0 Å². The molecule has 0 saturated heterocycles. The van der Waals surface area contributed by atoms with Crippen molar-refractivity contribution in [3.8, 4) is 0 Å². The van der Waals surface area contributed by atoms with Gasteiger partial charge in [0.05, 0.1) is 23.9 Å². The average Bonchev–Trinajstić information content (AvgIpc) is 3.37. The van der Waals surface area contributed by atoms with Gasteiger partial charge in [-0.15, -0.1) is 0 Å². The Balaban J connectivity index is 1.75. The van der Waals surface area contributed by atoms with E-state index in [0.29, 0.717) is 29.5 Å². The number of fused-ring (bicyclic) bond motifs is 1. The summed E-state index contributed by atoms with van der Waals surface area (Å²) < 4.78 is 45.9. The molecule has 1 aromatic heterocycles. The Kier molecular flexibility index (Phi) is 6.63. The molecule has 0 bridgehead atoms. The van der Waals surface area contributed by atoms with Crippen LogP contribution >= 0.6 is 11.6 Å². The summed E-state index contributed by atoms with van der Waals surface area (Å²) in [6, 6.07) is 11.7. The van der Waals surface area contributed by atoms with Crippen LogP contribution in [0.25, 0.3) is 0 Å². The first-order valence-corrected chi connectivity index (χ1v) is 12.3. The van der Waals surface area contributed by atoms with Gasteiger partial charge in [0.1, 0.15) is 11.5 Å². The Morgan fingerprint density at radius 2 is 1.94 bits per heavy atom. The minimum Gasteiger partial charge on any atom is -0.453 e. The van der Waals surface area contributed by atoms with Crippen LogP contribution < -0.4 is 10.6 Å². The van der Waals surface area contributed by atoms with Gasteiger partial charge in [-0.1, -0.05) is 41.9 Å². The number of ether oxygens (including phenoxy) is 1. The molecule has 0 saturated carbocycles. The highest BCUT2D eigenvalue weighted by molar-refractivity contribution is 7.89. The molecule has 1 heterocycles. The van der Waals surface area contributed by atoms with Gasteiger partial charge in [-0.25, -0.2) is 21.6 Å². The number of nitrogens with one attached hydrogen (secondary N) is 2. The van der Waals surface area contributed by atoms with Gasteiger partial charge < -0.3 is 15.4 Å². The number of aromatic nitrogens is 1. The summed E-state index contributed by atoms with van der Waals surface area (Å²) in [5, 5.41) is 5.08. The van der Waals surface area contributed by atoms with E-state index in [1.807, 2.05) is 0 Å². The lowest BCUT2D eigenvalue weighted by Crippen LogP contribution is -2.27. The van der Waals surface area contributed by atoms with Gasteiger partial charge in [0.25, 0.3) is 5.91 Å². The van der Waals surface area contributed by atoms with Gasteiger partial charge in [-0.2, -0.15) is 0 Å². The molecule has 11 heteroatoms. The number of methoxy groups -OCH3 is 1. The summed E-state index contributed by atoms with van der Waals surface area (Å²) in [4.78, 5) is 25.1. The average molecular weight is 506 g/mol. The summed E-state index contributed by atoms with van der Waals surface area (Å²) in [7, 11) is -2.78. The zero-order valence-corrected chi connectivity index (χ0v) is 19.6. The van der Waals surface area contributed by atoms with E-state index in [1.54, 1.807) is 30.3 Å². The predicted molar refractivity (Wildman–Crippen MR) is 125 cm³/mol. The first kappa shape index (κ1) is 23.8. The first-order valence-electron chi connectivity index (χ1n) is 10.3. The van der Waals surface area contributed by atoms with Crippen LogP contribution in [-0.2, 0) is 26.9 Å². The molecular formula is C23H21ClFN3O5S. The van der Waals surface area contributed by atoms with E-state index in [-0.39, 0.29) is 22.2 Å². The third-order valence-electron chi connectivity index (χ3n) is 5.53. The zero-order valence-electron chi connectivity index (χ0n) is 18.0. The third-order valence-corrected chi connectivity index (χ3v) is 7.41. The fraction of sp³-hybridized carbons (Fsp3) is 0.217. The molecule has 0 radical (unpaired) electrons. The quantitative estimate of drug-likeness (QED) is 0.520. The smallest absolute Gasteiger partial charge is 0.407 e. The minimum atomic E-state index is -4.01. The molecule has 0 spiro atoms. The number of hydrogen-bond donors (Lipinski definition) is 2. The first-order chi connectivity index (χ1) is 16.2. The van der Waals surface area contributed by atoms with E-state index in [4.69, 9.17) is 11.6 Å². The third kappa shape index (κ3) is 4.78. The highest BCUT2D eigenvalue weighted by Crippen LogP contribution is 2.36. The molecule has 1 aliphatic rings. The summed E-state index contributed by atoms with van der Waals surface area (Å²) in [6.07, 6.45) is 1.55. The van der Waals surface area contributed by atoms with Crippen LogP contribution in [0.3, 0.4) is 0 Å². The molecule has 1 unspecified atom stereocenters. The van der Waals surface area contributed by atoms with Crippen molar-refractivity contribution < 1.29 is 27.1 Å². The molecule has 3 aromatic rings. The van der Waals surface area contributed by atoms with Gasteiger partial charge in [-0.05, 0) is 47.7 Å². The molecule has 34 heavy (non-hydrogen) atoms. The van der Waals surface area contributed by atoms with Crippen LogP contribution in [0.5, 0.6) is 0 Å². The normalized spacial score (nSPS) is 15.0. The molecule has 1 atom stereocenters. The van der Waals surface area contributed by atoms with Crippen LogP contribution in [0.15, 0.2) is 54.7 Å². The van der Waals surface area contributed by atoms with Gasteiger partial charge in [0.2, 0.25) is 10.0 Å². The maximum atomic E-state index is 13.5. The topological polar surface area (TPSA) is 106 Å². The second kappa shape index (κ2) is 9.47. The highest BCUT2D eigenvalue weighted by atomic mass is 35.5. The van der Waals surface area contributed by atoms with Crippen LogP contribution in [0, 0.1) is 5.82 Å². The summed E-state index contributed by atoms with van der Waals surface area (Å²) in [6.45, 7) is 0.